The summed E-state index contributed by atoms with van der Waals surface area (Å²) in [6.07, 6.45) is 2.02. The molecule has 0 aromatic rings. The summed E-state index contributed by atoms with van der Waals surface area (Å²) in [6.45, 7) is 1.19. The highest BCUT2D eigenvalue weighted by molar-refractivity contribution is 5.78. The lowest BCUT2D eigenvalue weighted by atomic mass is 10.1. The Labute approximate surface area is 89.0 Å². The SMILES string of the molecule is NCCCCNC(=O)CCC(N)C(=O)O. The third kappa shape index (κ3) is 7.90. The molecule has 1 amide bonds. The van der Waals surface area contributed by atoms with Crippen molar-refractivity contribution in [1.82, 2.24) is 5.32 Å². The highest BCUT2D eigenvalue weighted by Crippen LogP contribution is 1.94. The summed E-state index contributed by atoms with van der Waals surface area (Å²) >= 11 is 0. The number of aliphatic carboxylic acids is 1. The molecule has 0 aromatic carbocycles. The molecular weight excluding hydrogens is 198 g/mol. The Morgan fingerprint density at radius 1 is 1.33 bits per heavy atom. The minimum absolute atomic E-state index is 0.149. The van der Waals surface area contributed by atoms with Gasteiger partial charge in [0.25, 0.3) is 0 Å². The van der Waals surface area contributed by atoms with Crippen LogP contribution in [0.4, 0.5) is 0 Å². The molecule has 0 rings (SSSR count). The third-order valence-electron chi connectivity index (χ3n) is 1.95. The zero-order chi connectivity index (χ0) is 11.7. The maximum Gasteiger partial charge on any atom is 0.320 e. The van der Waals surface area contributed by atoms with Crippen molar-refractivity contribution in [2.75, 3.05) is 13.1 Å². The first-order chi connectivity index (χ1) is 7.07. The smallest absolute Gasteiger partial charge is 0.320 e. The van der Waals surface area contributed by atoms with E-state index < -0.39 is 12.0 Å². The van der Waals surface area contributed by atoms with Gasteiger partial charge in [-0.25, -0.2) is 0 Å². The Balaban J connectivity index is 3.45. The standard InChI is InChI=1S/C9H19N3O3/c10-5-1-2-6-12-8(13)4-3-7(11)9(14)15/h7H,1-6,10-11H2,(H,12,13)(H,14,15). The van der Waals surface area contributed by atoms with Gasteiger partial charge in [0.1, 0.15) is 6.04 Å². The molecular formula is C9H19N3O3. The molecule has 0 heterocycles. The van der Waals surface area contributed by atoms with Crippen molar-refractivity contribution in [2.24, 2.45) is 11.5 Å². The van der Waals surface area contributed by atoms with E-state index in [0.29, 0.717) is 13.1 Å². The van der Waals surface area contributed by atoms with Crippen molar-refractivity contribution in [3.05, 3.63) is 0 Å². The number of hydrogen-bond acceptors (Lipinski definition) is 4. The molecule has 88 valence electrons. The highest BCUT2D eigenvalue weighted by atomic mass is 16.4. The Hall–Kier alpha value is -1.14. The van der Waals surface area contributed by atoms with Crippen LogP contribution >= 0.6 is 0 Å². The fraction of sp³-hybridized carbons (Fsp3) is 0.778. The summed E-state index contributed by atoms with van der Waals surface area (Å²) in [4.78, 5) is 21.5. The van der Waals surface area contributed by atoms with Gasteiger partial charge in [0.2, 0.25) is 5.91 Å². The van der Waals surface area contributed by atoms with Crippen molar-refractivity contribution >= 4 is 11.9 Å². The molecule has 0 saturated heterocycles. The highest BCUT2D eigenvalue weighted by Gasteiger charge is 2.12. The molecule has 0 aliphatic carbocycles. The summed E-state index contributed by atoms with van der Waals surface area (Å²) in [6, 6.07) is -0.959. The number of rotatable bonds is 8. The summed E-state index contributed by atoms with van der Waals surface area (Å²) < 4.78 is 0. The molecule has 0 aromatic heterocycles. The molecule has 0 spiro atoms. The van der Waals surface area contributed by atoms with Gasteiger partial charge in [0.15, 0.2) is 0 Å². The van der Waals surface area contributed by atoms with Gasteiger partial charge in [-0.15, -0.1) is 0 Å². The second-order valence-electron chi connectivity index (χ2n) is 3.33. The van der Waals surface area contributed by atoms with E-state index in [1.165, 1.54) is 0 Å². The molecule has 0 fully saturated rings. The number of unbranched alkanes of at least 4 members (excludes halogenated alkanes) is 1. The number of nitrogens with one attached hydrogen (secondary N) is 1. The predicted octanol–water partition coefficient (Wildman–Crippen LogP) is -0.966. The molecule has 0 aliphatic heterocycles. The lowest BCUT2D eigenvalue weighted by Crippen LogP contribution is -2.33. The van der Waals surface area contributed by atoms with Gasteiger partial charge in [-0.1, -0.05) is 0 Å². The van der Waals surface area contributed by atoms with Gasteiger partial charge < -0.3 is 21.9 Å². The number of amides is 1. The molecule has 6 N–H and O–H groups in total. The lowest BCUT2D eigenvalue weighted by molar-refractivity contribution is -0.138. The van der Waals surface area contributed by atoms with Crippen LogP contribution in [0.1, 0.15) is 25.7 Å². The van der Waals surface area contributed by atoms with Gasteiger partial charge in [0, 0.05) is 13.0 Å². The fourth-order valence-electron chi connectivity index (χ4n) is 0.996. The Morgan fingerprint density at radius 3 is 2.53 bits per heavy atom. The average molecular weight is 217 g/mol. The van der Waals surface area contributed by atoms with Gasteiger partial charge in [-0.2, -0.15) is 0 Å². The zero-order valence-corrected chi connectivity index (χ0v) is 8.74. The normalized spacial score (nSPS) is 12.1. The van der Waals surface area contributed by atoms with Crippen molar-refractivity contribution < 1.29 is 14.7 Å². The van der Waals surface area contributed by atoms with Gasteiger partial charge in [-0.05, 0) is 25.8 Å². The average Bonchev–Trinajstić information content (AvgIpc) is 2.20. The molecule has 0 bridgehead atoms. The number of nitrogens with two attached hydrogens (primary N) is 2. The van der Waals surface area contributed by atoms with E-state index in [0.717, 1.165) is 12.8 Å². The maximum absolute atomic E-state index is 11.1. The molecule has 6 heteroatoms. The number of carboxylic acids is 1. The molecule has 0 radical (unpaired) electrons. The van der Waals surface area contributed by atoms with Crippen LogP contribution in [0.15, 0.2) is 0 Å². The fourth-order valence-corrected chi connectivity index (χ4v) is 0.996. The van der Waals surface area contributed by atoms with Gasteiger partial charge >= 0.3 is 5.97 Å². The van der Waals surface area contributed by atoms with E-state index in [-0.39, 0.29) is 18.7 Å². The quantitative estimate of drug-likeness (QED) is 0.390. The van der Waals surface area contributed by atoms with E-state index in [9.17, 15) is 9.59 Å². The second kappa shape index (κ2) is 8.19. The number of carbonyl (C=O) groups excluding carboxylic acids is 1. The summed E-state index contributed by atoms with van der Waals surface area (Å²) in [5.41, 5.74) is 10.5. The minimum atomic E-state index is -1.08. The molecule has 1 unspecified atom stereocenters. The summed E-state index contributed by atoms with van der Waals surface area (Å²) in [7, 11) is 0. The molecule has 6 nitrogen and oxygen atoms in total. The van der Waals surface area contributed by atoms with E-state index >= 15 is 0 Å². The number of carboxylic acid groups (broad SMARTS) is 1. The first-order valence-electron chi connectivity index (χ1n) is 5.03. The van der Waals surface area contributed by atoms with Crippen LogP contribution in [-0.4, -0.2) is 36.1 Å². The van der Waals surface area contributed by atoms with Crippen molar-refractivity contribution in [1.29, 1.82) is 0 Å². The van der Waals surface area contributed by atoms with E-state index in [1.54, 1.807) is 0 Å². The zero-order valence-electron chi connectivity index (χ0n) is 8.74. The van der Waals surface area contributed by atoms with Crippen LogP contribution in [0.5, 0.6) is 0 Å². The van der Waals surface area contributed by atoms with Crippen LogP contribution < -0.4 is 16.8 Å². The van der Waals surface area contributed by atoms with Crippen molar-refractivity contribution in [2.45, 2.75) is 31.7 Å². The van der Waals surface area contributed by atoms with E-state index in [4.69, 9.17) is 16.6 Å². The van der Waals surface area contributed by atoms with Crippen molar-refractivity contribution in [3.8, 4) is 0 Å². The first-order valence-corrected chi connectivity index (χ1v) is 5.03. The number of carbonyl (C=O) groups is 2. The van der Waals surface area contributed by atoms with Crippen LogP contribution in [0.25, 0.3) is 0 Å². The summed E-state index contributed by atoms with van der Waals surface area (Å²) in [5, 5.41) is 11.1. The van der Waals surface area contributed by atoms with E-state index in [1.807, 2.05) is 0 Å². The molecule has 15 heavy (non-hydrogen) atoms. The third-order valence-corrected chi connectivity index (χ3v) is 1.95. The van der Waals surface area contributed by atoms with Crippen LogP contribution in [-0.2, 0) is 9.59 Å². The molecule has 1 atom stereocenters. The van der Waals surface area contributed by atoms with Gasteiger partial charge in [0.05, 0.1) is 0 Å². The first kappa shape index (κ1) is 13.9. The Morgan fingerprint density at radius 2 is 2.00 bits per heavy atom. The topological polar surface area (TPSA) is 118 Å². The van der Waals surface area contributed by atoms with Crippen LogP contribution in [0.2, 0.25) is 0 Å². The van der Waals surface area contributed by atoms with Gasteiger partial charge in [-0.3, -0.25) is 9.59 Å². The van der Waals surface area contributed by atoms with E-state index in [2.05, 4.69) is 5.32 Å². The minimum Gasteiger partial charge on any atom is -0.480 e. The molecule has 0 aliphatic rings. The van der Waals surface area contributed by atoms with Crippen LogP contribution in [0, 0.1) is 0 Å². The molecule has 0 saturated carbocycles. The number of hydrogen-bond donors (Lipinski definition) is 4. The Kier molecular flexibility index (Phi) is 7.57. The summed E-state index contributed by atoms with van der Waals surface area (Å²) in [5.74, 6) is -1.24. The second-order valence-corrected chi connectivity index (χ2v) is 3.33. The predicted molar refractivity (Wildman–Crippen MR) is 56.1 cm³/mol. The van der Waals surface area contributed by atoms with Crippen molar-refractivity contribution in [3.63, 3.8) is 0 Å². The Bertz CT molecular complexity index is 209. The monoisotopic (exact) mass is 217 g/mol. The maximum atomic E-state index is 11.1. The van der Waals surface area contributed by atoms with Crippen LogP contribution in [0.3, 0.4) is 0 Å². The largest absolute Gasteiger partial charge is 0.480 e. The lowest BCUT2D eigenvalue weighted by Gasteiger charge is -2.06.